The fourth-order valence-electron chi connectivity index (χ4n) is 2.57. The maximum atomic E-state index is 14.0. The van der Waals surface area contributed by atoms with Gasteiger partial charge < -0.3 is 18.9 Å². The summed E-state index contributed by atoms with van der Waals surface area (Å²) in [6, 6.07) is 0. The maximum Gasteiger partial charge on any atom is 0.360 e. The van der Waals surface area contributed by atoms with Gasteiger partial charge in [0.15, 0.2) is 5.85 Å². The summed E-state index contributed by atoms with van der Waals surface area (Å²) in [6.45, 7) is 2.79. The summed E-state index contributed by atoms with van der Waals surface area (Å²) in [7, 11) is -3.98. The van der Waals surface area contributed by atoms with Crippen molar-refractivity contribution in [2.24, 2.45) is 0 Å². The van der Waals surface area contributed by atoms with E-state index in [-0.39, 0.29) is 13.2 Å². The summed E-state index contributed by atoms with van der Waals surface area (Å²) in [5.41, 5.74) is -2.09. The number of rotatable bonds is 8. The summed E-state index contributed by atoms with van der Waals surface area (Å²) >= 11 is 0. The Morgan fingerprint density at radius 3 is 2.56 bits per heavy atom. The van der Waals surface area contributed by atoms with Crippen LogP contribution in [0.1, 0.15) is 32.9 Å². The van der Waals surface area contributed by atoms with Crippen molar-refractivity contribution < 1.29 is 27.8 Å². The monoisotopic (exact) mass is 380 g/mol. The lowest BCUT2D eigenvalue weighted by Crippen LogP contribution is -2.44. The minimum atomic E-state index is -3.98. The van der Waals surface area contributed by atoms with Crippen LogP contribution in [-0.4, -0.2) is 39.9 Å². The number of halogens is 1. The summed E-state index contributed by atoms with van der Waals surface area (Å²) < 4.78 is 43.2. The van der Waals surface area contributed by atoms with Crippen LogP contribution in [0.3, 0.4) is 0 Å². The smallest absolute Gasteiger partial charge is 0.360 e. The van der Waals surface area contributed by atoms with Gasteiger partial charge in [-0.2, -0.15) is 4.39 Å². The topological polar surface area (TPSA) is 109 Å². The van der Waals surface area contributed by atoms with Gasteiger partial charge in [-0.1, -0.05) is 0 Å². The molecule has 1 aliphatic rings. The van der Waals surface area contributed by atoms with E-state index in [1.54, 1.807) is 13.8 Å². The van der Waals surface area contributed by atoms with Crippen molar-refractivity contribution in [3.05, 3.63) is 32.9 Å². The van der Waals surface area contributed by atoms with Gasteiger partial charge >= 0.3 is 13.3 Å². The van der Waals surface area contributed by atoms with Crippen LogP contribution in [0.5, 0.6) is 0 Å². The molecule has 1 aromatic heterocycles. The molecule has 0 radical (unpaired) electrons. The number of aliphatic hydroxyl groups is 1. The second-order valence-electron chi connectivity index (χ2n) is 5.41. The van der Waals surface area contributed by atoms with Crippen LogP contribution in [0.4, 0.5) is 4.39 Å². The second kappa shape index (κ2) is 8.37. The third kappa shape index (κ3) is 4.27. The predicted molar refractivity (Wildman–Crippen MR) is 86.0 cm³/mol. The van der Waals surface area contributed by atoms with E-state index in [9.17, 15) is 23.7 Å². The number of hydrogen-bond acceptors (Lipinski definition) is 7. The quantitative estimate of drug-likeness (QED) is 0.671. The van der Waals surface area contributed by atoms with Crippen LogP contribution in [0.15, 0.2) is 15.8 Å². The highest BCUT2D eigenvalue weighted by Crippen LogP contribution is 2.52. The van der Waals surface area contributed by atoms with Crippen molar-refractivity contribution in [2.75, 3.05) is 19.8 Å². The Balaban J connectivity index is 2.39. The fraction of sp³-hybridized carbons (Fsp3) is 0.714. The van der Waals surface area contributed by atoms with E-state index in [2.05, 4.69) is 0 Å². The normalized spacial score (nSPS) is 19.3. The van der Waals surface area contributed by atoms with E-state index < -0.39 is 43.3 Å². The molecule has 1 fully saturated rings. The molecular formula is C14H22FN2O7P. The van der Waals surface area contributed by atoms with Gasteiger partial charge in [0.1, 0.15) is 6.23 Å². The molecule has 1 saturated heterocycles. The minimum Gasteiger partial charge on any atom is -0.379 e. The van der Waals surface area contributed by atoms with Crippen molar-refractivity contribution in [1.29, 1.82) is 0 Å². The molecule has 25 heavy (non-hydrogen) atoms. The molecule has 1 aliphatic heterocycles. The molecule has 0 spiro atoms. The fourth-order valence-corrected chi connectivity index (χ4v) is 4.07. The Labute approximate surface area is 143 Å². The molecule has 9 nitrogen and oxygen atoms in total. The van der Waals surface area contributed by atoms with E-state index in [0.717, 1.165) is 10.8 Å². The van der Waals surface area contributed by atoms with Gasteiger partial charge in [-0.3, -0.25) is 18.5 Å². The molecule has 2 heterocycles. The van der Waals surface area contributed by atoms with Gasteiger partial charge in [-0.15, -0.1) is 0 Å². The standard InChI is InChI=1S/C14H22FN2O7P/c1-3-23-25(21,24-4-2)12(18)9-17-13(19)10(15)8-16(14(17)20)11-6-5-7-22-11/h8,11-12,18H,3-7,9H2,1-2H3/t11-,12-/m1/s1. The third-order valence-corrected chi connectivity index (χ3v) is 5.83. The lowest BCUT2D eigenvalue weighted by molar-refractivity contribution is 0.0495. The molecule has 2 atom stereocenters. The van der Waals surface area contributed by atoms with Gasteiger partial charge in [0, 0.05) is 6.61 Å². The number of ether oxygens (including phenoxy) is 1. The highest BCUT2D eigenvalue weighted by atomic mass is 31.2. The molecule has 2 rings (SSSR count). The second-order valence-corrected chi connectivity index (χ2v) is 7.60. The minimum absolute atomic E-state index is 0.00741. The van der Waals surface area contributed by atoms with Gasteiger partial charge in [-0.05, 0) is 26.7 Å². The van der Waals surface area contributed by atoms with Crippen LogP contribution in [0, 0.1) is 5.82 Å². The number of hydrogen-bond donors (Lipinski definition) is 1. The first kappa shape index (κ1) is 20.0. The SMILES string of the molecule is CCOP(=O)(OCC)[C@@H](O)Cn1c(=O)c(F)cn([C@H]2CCCO2)c1=O. The van der Waals surface area contributed by atoms with E-state index in [1.165, 1.54) is 0 Å². The lowest BCUT2D eigenvalue weighted by Gasteiger charge is -2.23. The van der Waals surface area contributed by atoms with Crippen molar-refractivity contribution in [1.82, 2.24) is 9.13 Å². The summed E-state index contributed by atoms with van der Waals surface area (Å²) in [5.74, 6) is -2.97. The van der Waals surface area contributed by atoms with Crippen LogP contribution >= 0.6 is 7.60 Å². The highest BCUT2D eigenvalue weighted by molar-refractivity contribution is 7.54. The molecule has 0 aliphatic carbocycles. The van der Waals surface area contributed by atoms with Crippen LogP contribution in [0.2, 0.25) is 0 Å². The number of aliphatic hydroxyl groups excluding tert-OH is 1. The molecule has 0 amide bonds. The summed E-state index contributed by atoms with van der Waals surface area (Å²) in [4.78, 5) is 24.5. The third-order valence-electron chi connectivity index (χ3n) is 3.70. The van der Waals surface area contributed by atoms with Gasteiger partial charge in [0.2, 0.25) is 5.82 Å². The zero-order valence-corrected chi connectivity index (χ0v) is 15.0. The molecule has 11 heteroatoms. The van der Waals surface area contributed by atoms with E-state index >= 15 is 0 Å². The molecule has 0 aromatic carbocycles. The van der Waals surface area contributed by atoms with E-state index in [4.69, 9.17) is 13.8 Å². The summed E-state index contributed by atoms with van der Waals surface area (Å²) in [5, 5.41) is 10.2. The Morgan fingerprint density at radius 1 is 1.40 bits per heavy atom. The van der Waals surface area contributed by atoms with Crippen LogP contribution in [0.25, 0.3) is 0 Å². The zero-order chi connectivity index (χ0) is 18.6. The highest BCUT2D eigenvalue weighted by Gasteiger charge is 2.35. The molecule has 0 saturated carbocycles. The average Bonchev–Trinajstić information content (AvgIpc) is 3.09. The summed E-state index contributed by atoms with van der Waals surface area (Å²) in [6.07, 6.45) is 1.30. The van der Waals surface area contributed by atoms with Crippen molar-refractivity contribution in [3.8, 4) is 0 Å². The molecule has 142 valence electrons. The van der Waals surface area contributed by atoms with Crippen molar-refractivity contribution in [2.45, 2.75) is 45.3 Å². The van der Waals surface area contributed by atoms with E-state index in [1.807, 2.05) is 0 Å². The molecular weight excluding hydrogens is 358 g/mol. The first-order valence-electron chi connectivity index (χ1n) is 8.04. The molecule has 0 bridgehead atoms. The largest absolute Gasteiger partial charge is 0.379 e. The van der Waals surface area contributed by atoms with Gasteiger partial charge in [0.25, 0.3) is 5.56 Å². The first-order chi connectivity index (χ1) is 11.8. The lowest BCUT2D eigenvalue weighted by atomic mass is 10.3. The Morgan fingerprint density at radius 2 is 2.04 bits per heavy atom. The molecule has 1 N–H and O–H groups in total. The average molecular weight is 380 g/mol. The first-order valence-corrected chi connectivity index (χ1v) is 9.65. The Hall–Kier alpha value is -1.32. The zero-order valence-electron chi connectivity index (χ0n) is 14.1. The van der Waals surface area contributed by atoms with Crippen LogP contribution < -0.4 is 11.2 Å². The van der Waals surface area contributed by atoms with E-state index in [0.29, 0.717) is 24.0 Å². The van der Waals surface area contributed by atoms with Crippen molar-refractivity contribution in [3.63, 3.8) is 0 Å². The molecule has 1 aromatic rings. The number of aromatic nitrogens is 2. The Kier molecular flexibility index (Phi) is 6.70. The molecule has 0 unspecified atom stereocenters. The van der Waals surface area contributed by atoms with Crippen molar-refractivity contribution >= 4 is 7.60 Å². The predicted octanol–water partition coefficient (Wildman–Crippen LogP) is 1.04. The maximum absolute atomic E-state index is 14.0. The van der Waals surface area contributed by atoms with Gasteiger partial charge in [0.05, 0.1) is 26.0 Å². The Bertz CT molecular complexity index is 747. The number of nitrogens with zero attached hydrogens (tertiary/aromatic N) is 2. The van der Waals surface area contributed by atoms with Gasteiger partial charge in [-0.25, -0.2) is 4.79 Å². The van der Waals surface area contributed by atoms with Crippen LogP contribution in [-0.2, 0) is 24.9 Å².